The summed E-state index contributed by atoms with van der Waals surface area (Å²) < 4.78 is 5.44. The molecule has 0 aliphatic heterocycles. The number of rotatable bonds is 5. The second kappa shape index (κ2) is 6.31. The van der Waals surface area contributed by atoms with Crippen LogP contribution in [0.25, 0.3) is 0 Å². The Bertz CT molecular complexity index is 331. The van der Waals surface area contributed by atoms with Crippen molar-refractivity contribution in [2.75, 3.05) is 18.6 Å². The number of amides is 1. The van der Waals surface area contributed by atoms with Crippen LogP contribution in [0.15, 0.2) is 24.3 Å². The van der Waals surface area contributed by atoms with Gasteiger partial charge >= 0.3 is 0 Å². The first-order valence-electron chi connectivity index (χ1n) is 4.50. The minimum Gasteiger partial charge on any atom is -0.493 e. The van der Waals surface area contributed by atoms with Crippen LogP contribution in [0.5, 0.6) is 5.75 Å². The smallest absolute Gasteiger partial charge is 0.265 e. The third kappa shape index (κ3) is 3.81. The second-order valence-corrected chi connectivity index (χ2v) is 3.83. The molecule has 0 aliphatic carbocycles. The van der Waals surface area contributed by atoms with Crippen LogP contribution < -0.4 is 16.0 Å². The predicted molar refractivity (Wildman–Crippen MR) is 62.0 cm³/mol. The van der Waals surface area contributed by atoms with Crippen LogP contribution in [-0.2, 0) is 0 Å². The topological polar surface area (TPSA) is 64.3 Å². The van der Waals surface area contributed by atoms with E-state index in [2.05, 4.69) is 5.43 Å². The van der Waals surface area contributed by atoms with E-state index < -0.39 is 0 Å². The third-order valence-electron chi connectivity index (χ3n) is 1.78. The van der Waals surface area contributed by atoms with E-state index in [-0.39, 0.29) is 5.91 Å². The van der Waals surface area contributed by atoms with E-state index in [1.807, 2.05) is 12.3 Å². The number of carbonyl (C=O) groups is 1. The van der Waals surface area contributed by atoms with Gasteiger partial charge in [0.15, 0.2) is 0 Å². The Morgan fingerprint density at radius 1 is 1.60 bits per heavy atom. The number of ether oxygens (including phenoxy) is 1. The zero-order chi connectivity index (χ0) is 11.1. The minimum absolute atomic E-state index is 0.315. The highest BCUT2D eigenvalue weighted by Crippen LogP contribution is 2.13. The Labute approximate surface area is 93.1 Å². The van der Waals surface area contributed by atoms with Crippen LogP contribution in [0.1, 0.15) is 10.4 Å². The molecule has 0 saturated heterocycles. The molecule has 4 nitrogen and oxygen atoms in total. The highest BCUT2D eigenvalue weighted by molar-refractivity contribution is 7.98. The van der Waals surface area contributed by atoms with E-state index in [9.17, 15) is 4.79 Å². The summed E-state index contributed by atoms with van der Waals surface area (Å²) in [5, 5.41) is 0. The quantitative estimate of drug-likeness (QED) is 0.341. The van der Waals surface area contributed by atoms with Crippen molar-refractivity contribution in [2.45, 2.75) is 0 Å². The molecule has 1 aromatic rings. The Hall–Kier alpha value is -1.20. The second-order valence-electron chi connectivity index (χ2n) is 2.84. The minimum atomic E-state index is -0.315. The number of hydrogen-bond donors (Lipinski definition) is 2. The summed E-state index contributed by atoms with van der Waals surface area (Å²) >= 11 is 1.71. The average Bonchev–Trinajstić information content (AvgIpc) is 2.29. The number of nitrogen functional groups attached to an aromatic ring is 1. The number of carbonyl (C=O) groups excluding carboxylic acids is 1. The first-order valence-corrected chi connectivity index (χ1v) is 5.90. The largest absolute Gasteiger partial charge is 0.493 e. The molecule has 1 aromatic carbocycles. The molecule has 82 valence electrons. The van der Waals surface area contributed by atoms with Crippen molar-refractivity contribution >= 4 is 17.7 Å². The van der Waals surface area contributed by atoms with E-state index in [4.69, 9.17) is 10.6 Å². The number of benzene rings is 1. The fraction of sp³-hybridized carbons (Fsp3) is 0.300. The van der Waals surface area contributed by atoms with E-state index in [0.717, 1.165) is 5.75 Å². The molecule has 1 amide bonds. The number of hydrazine groups is 1. The fourth-order valence-corrected chi connectivity index (χ4v) is 1.30. The first kappa shape index (κ1) is 11.9. The van der Waals surface area contributed by atoms with Gasteiger partial charge in [-0.05, 0) is 24.5 Å². The predicted octanol–water partition coefficient (Wildman–Crippen LogP) is 1.03. The van der Waals surface area contributed by atoms with Gasteiger partial charge in [0.25, 0.3) is 5.91 Å². The maximum absolute atomic E-state index is 11.2. The standard InChI is InChI=1S/C10H14N2O2S/c1-15-6-5-14-9-4-2-3-8(7-9)10(13)12-11/h2-4,7H,5-6,11H2,1H3,(H,12,13). The van der Waals surface area contributed by atoms with Gasteiger partial charge in [-0.15, -0.1) is 0 Å². The molecule has 0 saturated carbocycles. The van der Waals surface area contributed by atoms with Gasteiger partial charge in [0.05, 0.1) is 6.61 Å². The van der Waals surface area contributed by atoms with Crippen molar-refractivity contribution in [3.8, 4) is 5.75 Å². The number of nitrogens with two attached hydrogens (primary N) is 1. The van der Waals surface area contributed by atoms with Crippen molar-refractivity contribution in [1.29, 1.82) is 0 Å². The summed E-state index contributed by atoms with van der Waals surface area (Å²) in [6, 6.07) is 6.93. The molecule has 1 rings (SSSR count). The monoisotopic (exact) mass is 226 g/mol. The number of thioether (sulfide) groups is 1. The average molecular weight is 226 g/mol. The fourth-order valence-electron chi connectivity index (χ4n) is 1.05. The van der Waals surface area contributed by atoms with Crippen LogP contribution in [0.3, 0.4) is 0 Å². The molecular formula is C10H14N2O2S. The Kier molecular flexibility index (Phi) is 5.00. The van der Waals surface area contributed by atoms with E-state index in [1.165, 1.54) is 0 Å². The van der Waals surface area contributed by atoms with Crippen LogP contribution in [-0.4, -0.2) is 24.5 Å². The van der Waals surface area contributed by atoms with Crippen molar-refractivity contribution in [2.24, 2.45) is 5.84 Å². The van der Waals surface area contributed by atoms with Crippen LogP contribution in [0, 0.1) is 0 Å². The van der Waals surface area contributed by atoms with Crippen molar-refractivity contribution in [3.63, 3.8) is 0 Å². The van der Waals surface area contributed by atoms with E-state index in [1.54, 1.807) is 30.0 Å². The highest BCUT2D eigenvalue weighted by atomic mass is 32.2. The maximum atomic E-state index is 11.2. The van der Waals surface area contributed by atoms with Crippen LogP contribution >= 0.6 is 11.8 Å². The number of nitrogens with one attached hydrogen (secondary N) is 1. The lowest BCUT2D eigenvalue weighted by Crippen LogP contribution is -2.29. The van der Waals surface area contributed by atoms with Gasteiger partial charge in [0, 0.05) is 11.3 Å². The van der Waals surface area contributed by atoms with Gasteiger partial charge in [-0.2, -0.15) is 11.8 Å². The van der Waals surface area contributed by atoms with Gasteiger partial charge in [-0.1, -0.05) is 6.07 Å². The molecule has 0 heterocycles. The van der Waals surface area contributed by atoms with E-state index >= 15 is 0 Å². The SMILES string of the molecule is CSCCOc1cccc(C(=O)NN)c1. The van der Waals surface area contributed by atoms with Gasteiger partial charge in [-0.3, -0.25) is 10.2 Å². The van der Waals surface area contributed by atoms with Crippen LogP contribution in [0.4, 0.5) is 0 Å². The summed E-state index contributed by atoms with van der Waals surface area (Å²) in [7, 11) is 0. The normalized spacial score (nSPS) is 9.73. The summed E-state index contributed by atoms with van der Waals surface area (Å²) in [5.41, 5.74) is 2.58. The van der Waals surface area contributed by atoms with Crippen LogP contribution in [0.2, 0.25) is 0 Å². The Morgan fingerprint density at radius 3 is 3.07 bits per heavy atom. The van der Waals surface area contributed by atoms with Crippen molar-refractivity contribution in [1.82, 2.24) is 5.43 Å². The van der Waals surface area contributed by atoms with Crippen molar-refractivity contribution in [3.05, 3.63) is 29.8 Å². The molecule has 0 bridgehead atoms. The van der Waals surface area contributed by atoms with Gasteiger partial charge in [0.1, 0.15) is 5.75 Å². The summed E-state index contributed by atoms with van der Waals surface area (Å²) in [4.78, 5) is 11.2. The highest BCUT2D eigenvalue weighted by Gasteiger charge is 2.03. The lowest BCUT2D eigenvalue weighted by atomic mass is 10.2. The zero-order valence-electron chi connectivity index (χ0n) is 8.53. The molecule has 15 heavy (non-hydrogen) atoms. The van der Waals surface area contributed by atoms with Crippen molar-refractivity contribution < 1.29 is 9.53 Å². The Balaban J connectivity index is 2.62. The lowest BCUT2D eigenvalue weighted by molar-refractivity contribution is 0.0953. The number of hydrogen-bond acceptors (Lipinski definition) is 4. The molecule has 5 heteroatoms. The molecule has 0 radical (unpaired) electrons. The molecule has 0 atom stereocenters. The maximum Gasteiger partial charge on any atom is 0.265 e. The molecule has 3 N–H and O–H groups in total. The molecular weight excluding hydrogens is 212 g/mol. The summed E-state index contributed by atoms with van der Waals surface area (Å²) in [6.45, 7) is 0.634. The van der Waals surface area contributed by atoms with Gasteiger partial charge in [-0.25, -0.2) is 5.84 Å². The Morgan fingerprint density at radius 2 is 2.40 bits per heavy atom. The zero-order valence-corrected chi connectivity index (χ0v) is 9.34. The third-order valence-corrected chi connectivity index (χ3v) is 2.36. The van der Waals surface area contributed by atoms with Gasteiger partial charge in [0.2, 0.25) is 0 Å². The molecule has 0 unspecified atom stereocenters. The molecule has 0 spiro atoms. The van der Waals surface area contributed by atoms with E-state index in [0.29, 0.717) is 17.9 Å². The molecule has 0 aromatic heterocycles. The lowest BCUT2D eigenvalue weighted by Gasteiger charge is -2.06. The summed E-state index contributed by atoms with van der Waals surface area (Å²) in [5.74, 6) is 6.33. The first-order chi connectivity index (χ1) is 7.27. The molecule has 0 fully saturated rings. The van der Waals surface area contributed by atoms with Gasteiger partial charge < -0.3 is 4.74 Å². The summed E-state index contributed by atoms with van der Waals surface area (Å²) in [6.07, 6.45) is 2.02. The molecule has 0 aliphatic rings.